The second-order valence-electron chi connectivity index (χ2n) is 8.05. The van der Waals surface area contributed by atoms with Crippen LogP contribution in [0.25, 0.3) is 0 Å². The van der Waals surface area contributed by atoms with E-state index < -0.39 is 15.3 Å². The number of carbonyl (C=O) groups is 1. The van der Waals surface area contributed by atoms with E-state index in [0.29, 0.717) is 11.7 Å². The van der Waals surface area contributed by atoms with Crippen molar-refractivity contribution < 1.29 is 13.2 Å². The molecule has 1 aromatic carbocycles. The van der Waals surface area contributed by atoms with Crippen LogP contribution < -0.4 is 10.0 Å². The number of benzene rings is 1. The summed E-state index contributed by atoms with van der Waals surface area (Å²) in [5, 5.41) is 11.8. The zero-order valence-corrected chi connectivity index (χ0v) is 20.1. The molecule has 3 aromatic rings. The summed E-state index contributed by atoms with van der Waals surface area (Å²) in [7, 11) is -3.84. The van der Waals surface area contributed by atoms with E-state index in [-0.39, 0.29) is 22.7 Å². The number of rotatable bonds is 9. The molecule has 0 spiro atoms. The van der Waals surface area contributed by atoms with Crippen LogP contribution in [0.15, 0.2) is 52.8 Å². The lowest BCUT2D eigenvalue weighted by atomic mass is 10.2. The van der Waals surface area contributed by atoms with Gasteiger partial charge >= 0.3 is 0 Å². The number of hydrogen-bond donors (Lipinski definition) is 2. The minimum Gasteiger partial charge on any atom is -0.325 e. The molecule has 0 saturated heterocycles. The van der Waals surface area contributed by atoms with Crippen molar-refractivity contribution >= 4 is 39.3 Å². The van der Waals surface area contributed by atoms with Gasteiger partial charge in [0.05, 0.1) is 10.1 Å². The van der Waals surface area contributed by atoms with E-state index in [9.17, 15) is 13.2 Å². The third-order valence-corrected chi connectivity index (χ3v) is 7.40. The molecule has 174 valence electrons. The maximum absolute atomic E-state index is 12.7. The van der Waals surface area contributed by atoms with E-state index >= 15 is 0 Å². The average molecular weight is 488 g/mol. The van der Waals surface area contributed by atoms with E-state index in [1.807, 2.05) is 6.92 Å². The van der Waals surface area contributed by atoms with E-state index in [0.717, 1.165) is 23.8 Å². The highest BCUT2D eigenvalue weighted by atomic mass is 32.2. The number of carbonyl (C=O) groups excluding carboxylic acids is 1. The number of hydrogen-bond acceptors (Lipinski definition) is 8. The van der Waals surface area contributed by atoms with Crippen LogP contribution in [0.1, 0.15) is 51.4 Å². The van der Waals surface area contributed by atoms with Gasteiger partial charge in [-0.3, -0.25) is 4.79 Å². The standard InChI is InChI=1S/C21H25N7O3S2/c1-13(2)18-25-26-21(28(18)16-7-8-16)32-14(3)19(29)24-15-5-9-17(10-6-15)33(30,31)27-20-22-11-4-12-23-20/h4-6,9-14,16H,7-8H2,1-3H3,(H,24,29)(H,22,23,27). The first kappa shape index (κ1) is 23.2. The van der Waals surface area contributed by atoms with Crippen molar-refractivity contribution in [1.82, 2.24) is 24.7 Å². The predicted molar refractivity (Wildman–Crippen MR) is 126 cm³/mol. The Hall–Kier alpha value is -2.99. The summed E-state index contributed by atoms with van der Waals surface area (Å²) in [5.41, 5.74) is 0.494. The number of nitrogens with one attached hydrogen (secondary N) is 2. The Morgan fingerprint density at radius 2 is 1.76 bits per heavy atom. The lowest BCUT2D eigenvalue weighted by Crippen LogP contribution is -2.23. The lowest BCUT2D eigenvalue weighted by molar-refractivity contribution is -0.115. The Labute approximate surface area is 196 Å². The smallest absolute Gasteiger partial charge is 0.264 e. The third-order valence-electron chi connectivity index (χ3n) is 4.99. The first-order valence-corrected chi connectivity index (χ1v) is 12.9. The molecule has 1 saturated carbocycles. The lowest BCUT2D eigenvalue weighted by Gasteiger charge is -2.14. The van der Waals surface area contributed by atoms with Gasteiger partial charge in [0, 0.05) is 30.0 Å². The highest BCUT2D eigenvalue weighted by Crippen LogP contribution is 2.40. The van der Waals surface area contributed by atoms with Crippen molar-refractivity contribution in [2.24, 2.45) is 0 Å². The third kappa shape index (κ3) is 5.50. The van der Waals surface area contributed by atoms with E-state index in [4.69, 9.17) is 0 Å². The van der Waals surface area contributed by atoms with Gasteiger partial charge in [0.1, 0.15) is 5.82 Å². The number of amides is 1. The van der Waals surface area contributed by atoms with Crippen LogP contribution in [0.5, 0.6) is 0 Å². The van der Waals surface area contributed by atoms with Gasteiger partial charge in [-0.1, -0.05) is 25.6 Å². The second kappa shape index (κ2) is 9.48. The molecule has 0 bridgehead atoms. The molecule has 10 nitrogen and oxygen atoms in total. The predicted octanol–water partition coefficient (Wildman–Crippen LogP) is 3.45. The van der Waals surface area contributed by atoms with Crippen molar-refractivity contribution in [3.8, 4) is 0 Å². The van der Waals surface area contributed by atoms with Crippen molar-refractivity contribution in [3.05, 3.63) is 48.5 Å². The average Bonchev–Trinajstić information content (AvgIpc) is 3.53. The fraction of sp³-hybridized carbons (Fsp3) is 0.381. The summed E-state index contributed by atoms with van der Waals surface area (Å²) in [4.78, 5) is 20.5. The molecule has 2 aromatic heterocycles. The molecule has 1 fully saturated rings. The minimum atomic E-state index is -3.84. The summed E-state index contributed by atoms with van der Waals surface area (Å²) in [5.74, 6) is 0.983. The highest BCUT2D eigenvalue weighted by molar-refractivity contribution is 8.00. The zero-order valence-electron chi connectivity index (χ0n) is 18.5. The normalized spacial score (nSPS) is 14.8. The topological polar surface area (TPSA) is 132 Å². The molecule has 12 heteroatoms. The summed E-state index contributed by atoms with van der Waals surface area (Å²) in [6.07, 6.45) is 5.09. The van der Waals surface area contributed by atoms with Crippen LogP contribution in [0, 0.1) is 0 Å². The minimum absolute atomic E-state index is 0.0135. The molecule has 1 aliphatic rings. The molecular formula is C21H25N7O3S2. The van der Waals surface area contributed by atoms with Gasteiger partial charge in [-0.2, -0.15) is 0 Å². The summed E-state index contributed by atoms with van der Waals surface area (Å²) < 4.78 is 29.5. The largest absolute Gasteiger partial charge is 0.325 e. The van der Waals surface area contributed by atoms with Gasteiger partial charge in [-0.15, -0.1) is 10.2 Å². The monoisotopic (exact) mass is 487 g/mol. The molecule has 1 unspecified atom stereocenters. The molecule has 33 heavy (non-hydrogen) atoms. The van der Waals surface area contributed by atoms with Crippen LogP contribution in [0.3, 0.4) is 0 Å². The Morgan fingerprint density at radius 3 is 2.36 bits per heavy atom. The van der Waals surface area contributed by atoms with Crippen molar-refractivity contribution in [2.45, 2.75) is 60.9 Å². The SMILES string of the molecule is CC(Sc1nnc(C(C)C)n1C1CC1)C(=O)Nc1ccc(S(=O)(=O)Nc2ncccn2)cc1. The van der Waals surface area contributed by atoms with E-state index in [2.05, 4.69) is 48.6 Å². The molecule has 4 rings (SSSR count). The van der Waals surface area contributed by atoms with Gasteiger partial charge in [0.2, 0.25) is 11.9 Å². The van der Waals surface area contributed by atoms with Crippen LogP contribution in [0.2, 0.25) is 0 Å². The Balaban J connectivity index is 1.40. The van der Waals surface area contributed by atoms with Gasteiger partial charge in [-0.25, -0.2) is 23.1 Å². The highest BCUT2D eigenvalue weighted by Gasteiger charge is 2.31. The number of anilines is 2. The Morgan fingerprint density at radius 1 is 1.09 bits per heavy atom. The van der Waals surface area contributed by atoms with E-state index in [1.54, 1.807) is 18.2 Å². The zero-order chi connectivity index (χ0) is 23.6. The fourth-order valence-corrected chi connectivity index (χ4v) is 5.03. The Kier molecular flexibility index (Phi) is 6.66. The maximum atomic E-state index is 12.7. The van der Waals surface area contributed by atoms with E-state index in [1.165, 1.54) is 36.3 Å². The maximum Gasteiger partial charge on any atom is 0.264 e. The first-order valence-electron chi connectivity index (χ1n) is 10.6. The molecule has 1 atom stereocenters. The Bertz CT molecular complexity index is 1220. The molecular weight excluding hydrogens is 462 g/mol. The molecule has 2 N–H and O–H groups in total. The van der Waals surface area contributed by atoms with Gasteiger partial charge in [0.25, 0.3) is 10.0 Å². The van der Waals surface area contributed by atoms with Gasteiger partial charge < -0.3 is 9.88 Å². The van der Waals surface area contributed by atoms with Crippen molar-refractivity contribution in [2.75, 3.05) is 10.0 Å². The number of thioether (sulfide) groups is 1. The first-order chi connectivity index (χ1) is 15.7. The van der Waals surface area contributed by atoms with Gasteiger partial charge in [-0.05, 0) is 50.1 Å². The molecule has 0 aliphatic heterocycles. The summed E-state index contributed by atoms with van der Waals surface area (Å²) in [6, 6.07) is 7.92. The van der Waals surface area contributed by atoms with Gasteiger partial charge in [0.15, 0.2) is 5.16 Å². The number of sulfonamides is 1. The van der Waals surface area contributed by atoms with Crippen LogP contribution in [-0.4, -0.2) is 44.3 Å². The molecule has 0 radical (unpaired) electrons. The van der Waals surface area contributed by atoms with Crippen molar-refractivity contribution in [3.63, 3.8) is 0 Å². The molecule has 1 amide bonds. The van der Waals surface area contributed by atoms with Crippen LogP contribution in [0.4, 0.5) is 11.6 Å². The van der Waals surface area contributed by atoms with Crippen LogP contribution >= 0.6 is 11.8 Å². The number of aromatic nitrogens is 5. The van der Waals surface area contributed by atoms with Crippen LogP contribution in [-0.2, 0) is 14.8 Å². The quantitative estimate of drug-likeness (QED) is 0.439. The number of nitrogens with zero attached hydrogens (tertiary/aromatic N) is 5. The second-order valence-corrected chi connectivity index (χ2v) is 11.0. The molecule has 1 aliphatic carbocycles. The summed E-state index contributed by atoms with van der Waals surface area (Å²) in [6.45, 7) is 5.98. The molecule has 2 heterocycles. The summed E-state index contributed by atoms with van der Waals surface area (Å²) >= 11 is 1.37. The fourth-order valence-electron chi connectivity index (χ4n) is 3.14. The van der Waals surface area contributed by atoms with Crippen molar-refractivity contribution in [1.29, 1.82) is 0 Å².